The van der Waals surface area contributed by atoms with Crippen LogP contribution in [0.2, 0.25) is 5.02 Å². The first kappa shape index (κ1) is 12.9. The third-order valence-corrected chi connectivity index (χ3v) is 2.86. The highest BCUT2D eigenvalue weighted by atomic mass is 35.5. The van der Waals surface area contributed by atoms with Crippen molar-refractivity contribution in [2.45, 2.75) is 6.04 Å². The van der Waals surface area contributed by atoms with Crippen molar-refractivity contribution >= 4 is 17.3 Å². The molecule has 18 heavy (non-hydrogen) atoms. The Morgan fingerprint density at radius 1 is 1.17 bits per heavy atom. The van der Waals surface area contributed by atoms with Crippen LogP contribution in [0.1, 0.15) is 11.6 Å². The van der Waals surface area contributed by atoms with E-state index < -0.39 is 0 Å². The van der Waals surface area contributed by atoms with Crippen LogP contribution in [0.15, 0.2) is 48.5 Å². The zero-order chi connectivity index (χ0) is 13.0. The quantitative estimate of drug-likeness (QED) is 0.886. The van der Waals surface area contributed by atoms with Crippen LogP contribution in [0.5, 0.6) is 0 Å². The molecule has 0 aliphatic rings. The smallest absolute Gasteiger partial charge is 0.125 e. The Balaban J connectivity index is 2.23. The van der Waals surface area contributed by atoms with Crippen molar-refractivity contribution in [2.75, 3.05) is 11.9 Å². The predicted molar refractivity (Wildman–Crippen MR) is 73.3 cm³/mol. The van der Waals surface area contributed by atoms with Gasteiger partial charge in [0.2, 0.25) is 0 Å². The van der Waals surface area contributed by atoms with E-state index in [9.17, 15) is 4.39 Å². The minimum Gasteiger partial charge on any atom is -0.377 e. The van der Waals surface area contributed by atoms with Crippen LogP contribution in [0.3, 0.4) is 0 Å². The molecule has 2 aromatic rings. The molecule has 0 aromatic heterocycles. The summed E-state index contributed by atoms with van der Waals surface area (Å²) < 4.78 is 13.3. The van der Waals surface area contributed by atoms with E-state index in [1.807, 2.05) is 30.3 Å². The molecular formula is C14H14ClFN2. The van der Waals surface area contributed by atoms with Gasteiger partial charge in [0.05, 0.1) is 6.04 Å². The standard InChI is InChI=1S/C14H14ClFN2/c15-11-6-10(7-12(16)8-11)14(9-17)18-13-4-2-1-3-5-13/h1-8,14,18H,9,17H2. The number of hydrogen-bond acceptors (Lipinski definition) is 2. The number of nitrogens with two attached hydrogens (primary N) is 1. The highest BCUT2D eigenvalue weighted by Crippen LogP contribution is 2.22. The average Bonchev–Trinajstić information content (AvgIpc) is 2.36. The van der Waals surface area contributed by atoms with E-state index in [0.717, 1.165) is 11.3 Å². The van der Waals surface area contributed by atoms with Gasteiger partial charge in [-0.05, 0) is 35.9 Å². The highest BCUT2D eigenvalue weighted by molar-refractivity contribution is 6.30. The van der Waals surface area contributed by atoms with E-state index in [1.54, 1.807) is 6.07 Å². The van der Waals surface area contributed by atoms with Crippen molar-refractivity contribution in [2.24, 2.45) is 5.73 Å². The van der Waals surface area contributed by atoms with Crippen LogP contribution in [0.25, 0.3) is 0 Å². The molecule has 0 aliphatic carbocycles. The van der Waals surface area contributed by atoms with Crippen LogP contribution in [-0.4, -0.2) is 6.54 Å². The van der Waals surface area contributed by atoms with Gasteiger partial charge in [-0.25, -0.2) is 4.39 Å². The fourth-order valence-electron chi connectivity index (χ4n) is 1.79. The topological polar surface area (TPSA) is 38.0 Å². The minimum atomic E-state index is -0.356. The number of halogens is 2. The molecule has 1 atom stereocenters. The van der Waals surface area contributed by atoms with E-state index in [1.165, 1.54) is 12.1 Å². The fourth-order valence-corrected chi connectivity index (χ4v) is 2.02. The second-order valence-corrected chi connectivity index (χ2v) is 4.44. The third kappa shape index (κ3) is 3.22. The molecule has 0 amide bonds. The lowest BCUT2D eigenvalue weighted by Crippen LogP contribution is -2.20. The average molecular weight is 265 g/mol. The summed E-state index contributed by atoms with van der Waals surface area (Å²) in [7, 11) is 0. The van der Waals surface area contributed by atoms with E-state index in [0.29, 0.717) is 11.6 Å². The van der Waals surface area contributed by atoms with Gasteiger partial charge in [-0.15, -0.1) is 0 Å². The molecule has 0 bridgehead atoms. The maximum absolute atomic E-state index is 13.3. The van der Waals surface area contributed by atoms with Crippen LogP contribution >= 0.6 is 11.6 Å². The van der Waals surface area contributed by atoms with E-state index in [4.69, 9.17) is 17.3 Å². The molecule has 94 valence electrons. The first-order valence-corrected chi connectivity index (χ1v) is 6.04. The molecule has 0 aliphatic heterocycles. The highest BCUT2D eigenvalue weighted by Gasteiger charge is 2.11. The molecule has 0 heterocycles. The summed E-state index contributed by atoms with van der Waals surface area (Å²) in [5, 5.41) is 3.62. The lowest BCUT2D eigenvalue weighted by Gasteiger charge is -2.19. The van der Waals surface area contributed by atoms with Gasteiger partial charge in [-0.2, -0.15) is 0 Å². The van der Waals surface area contributed by atoms with Gasteiger partial charge in [-0.3, -0.25) is 0 Å². The van der Waals surface area contributed by atoms with Crippen molar-refractivity contribution in [1.29, 1.82) is 0 Å². The van der Waals surface area contributed by atoms with Crippen LogP contribution in [0, 0.1) is 5.82 Å². The van der Waals surface area contributed by atoms with Gasteiger partial charge in [0.1, 0.15) is 5.82 Å². The predicted octanol–water partition coefficient (Wildman–Crippen LogP) is 3.59. The molecule has 0 fully saturated rings. The van der Waals surface area contributed by atoms with Crippen molar-refractivity contribution in [3.63, 3.8) is 0 Å². The normalized spacial score (nSPS) is 12.2. The second-order valence-electron chi connectivity index (χ2n) is 4.00. The Morgan fingerprint density at radius 3 is 2.50 bits per heavy atom. The third-order valence-electron chi connectivity index (χ3n) is 2.64. The van der Waals surface area contributed by atoms with Gasteiger partial charge in [0.15, 0.2) is 0 Å². The molecule has 0 saturated heterocycles. The molecule has 0 spiro atoms. The number of rotatable bonds is 4. The molecular weight excluding hydrogens is 251 g/mol. The van der Waals surface area contributed by atoms with E-state index in [2.05, 4.69) is 5.32 Å². The first-order valence-electron chi connectivity index (χ1n) is 5.66. The Kier molecular flexibility index (Phi) is 4.18. The molecule has 2 nitrogen and oxygen atoms in total. The summed E-state index contributed by atoms with van der Waals surface area (Å²) >= 11 is 5.85. The molecule has 1 unspecified atom stereocenters. The summed E-state index contributed by atoms with van der Waals surface area (Å²) in [6, 6.07) is 13.9. The number of benzene rings is 2. The Hall–Kier alpha value is -1.58. The first-order chi connectivity index (χ1) is 8.69. The zero-order valence-electron chi connectivity index (χ0n) is 9.74. The molecule has 2 aromatic carbocycles. The number of anilines is 1. The van der Waals surface area contributed by atoms with Gasteiger partial charge in [-0.1, -0.05) is 29.8 Å². The zero-order valence-corrected chi connectivity index (χ0v) is 10.5. The molecule has 4 heteroatoms. The lowest BCUT2D eigenvalue weighted by atomic mass is 10.1. The number of hydrogen-bond donors (Lipinski definition) is 2. The van der Waals surface area contributed by atoms with Crippen LogP contribution in [0.4, 0.5) is 10.1 Å². The van der Waals surface area contributed by atoms with Crippen molar-refractivity contribution in [3.8, 4) is 0 Å². The number of nitrogens with one attached hydrogen (secondary N) is 1. The summed E-state index contributed by atoms with van der Waals surface area (Å²) in [4.78, 5) is 0. The van der Waals surface area contributed by atoms with Gasteiger partial charge < -0.3 is 11.1 Å². The monoisotopic (exact) mass is 264 g/mol. The summed E-state index contributed by atoms with van der Waals surface area (Å²) in [5.74, 6) is -0.356. The van der Waals surface area contributed by atoms with Gasteiger partial charge >= 0.3 is 0 Å². The van der Waals surface area contributed by atoms with E-state index in [-0.39, 0.29) is 11.9 Å². The Bertz CT molecular complexity index is 496. The molecule has 2 rings (SSSR count). The lowest BCUT2D eigenvalue weighted by molar-refractivity contribution is 0.622. The molecule has 3 N–H and O–H groups in total. The second kappa shape index (κ2) is 5.85. The maximum Gasteiger partial charge on any atom is 0.125 e. The van der Waals surface area contributed by atoms with Crippen LogP contribution < -0.4 is 11.1 Å². The van der Waals surface area contributed by atoms with Crippen LogP contribution in [-0.2, 0) is 0 Å². The summed E-state index contributed by atoms with van der Waals surface area (Å²) in [6.07, 6.45) is 0. The van der Waals surface area contributed by atoms with Gasteiger partial charge in [0.25, 0.3) is 0 Å². The summed E-state index contributed by atoms with van der Waals surface area (Å²) in [6.45, 7) is 0.356. The van der Waals surface area contributed by atoms with Gasteiger partial charge in [0, 0.05) is 17.3 Å². The SMILES string of the molecule is NCC(Nc1ccccc1)c1cc(F)cc(Cl)c1. The van der Waals surface area contributed by atoms with E-state index >= 15 is 0 Å². The minimum absolute atomic E-state index is 0.166. The molecule has 0 saturated carbocycles. The van der Waals surface area contributed by atoms with Crippen molar-refractivity contribution in [1.82, 2.24) is 0 Å². The fraction of sp³-hybridized carbons (Fsp3) is 0.143. The van der Waals surface area contributed by atoms with Crippen molar-refractivity contribution < 1.29 is 4.39 Å². The number of para-hydroxylation sites is 1. The Labute approximate surface area is 111 Å². The summed E-state index contributed by atoms with van der Waals surface area (Å²) in [5.41, 5.74) is 7.41. The maximum atomic E-state index is 13.3. The molecule has 0 radical (unpaired) electrons. The largest absolute Gasteiger partial charge is 0.377 e. The van der Waals surface area contributed by atoms with Crippen molar-refractivity contribution in [3.05, 3.63) is 64.9 Å². The Morgan fingerprint density at radius 2 is 1.89 bits per heavy atom.